The number of carbonyl (C=O) groups is 1. The van der Waals surface area contributed by atoms with Gasteiger partial charge in [-0.2, -0.15) is 8.42 Å². The van der Waals surface area contributed by atoms with E-state index in [4.69, 9.17) is 22.8 Å². The first kappa shape index (κ1) is 27.5. The molecule has 0 bridgehead atoms. The molecule has 1 amide bonds. The van der Waals surface area contributed by atoms with Crippen LogP contribution in [0.25, 0.3) is 0 Å². The molecule has 0 aliphatic rings. The molecule has 1 heterocycles. The zero-order valence-electron chi connectivity index (χ0n) is 21.4. The minimum atomic E-state index is -4.29. The molecule has 0 fully saturated rings. The van der Waals surface area contributed by atoms with Crippen LogP contribution < -0.4 is 18.4 Å². The number of ether oxygens (including phenoxy) is 3. The quantitative estimate of drug-likeness (QED) is 0.237. The van der Waals surface area contributed by atoms with E-state index in [1.807, 2.05) is 0 Å². The van der Waals surface area contributed by atoms with Crippen molar-refractivity contribution in [1.29, 1.82) is 0 Å². The van der Waals surface area contributed by atoms with Gasteiger partial charge in [0.05, 0.1) is 34.1 Å². The summed E-state index contributed by atoms with van der Waals surface area (Å²) in [5.74, 6) is 0.577. The second kappa shape index (κ2) is 11.9. The summed E-state index contributed by atoms with van der Waals surface area (Å²) in [6.07, 6.45) is 1.51. The number of rotatable bonds is 11. The van der Waals surface area contributed by atoms with Crippen LogP contribution >= 0.6 is 0 Å². The highest BCUT2D eigenvalue weighted by atomic mass is 32.2. The van der Waals surface area contributed by atoms with Crippen LogP contribution in [0.4, 0.5) is 4.39 Å². The molecule has 0 radical (unpaired) electrons. The highest BCUT2D eigenvalue weighted by molar-refractivity contribution is 7.87. The van der Waals surface area contributed by atoms with E-state index in [9.17, 15) is 17.6 Å². The monoisotopic (exact) mass is 555 g/mol. The lowest BCUT2D eigenvalue weighted by atomic mass is 10.1. The van der Waals surface area contributed by atoms with Crippen LogP contribution in [0.3, 0.4) is 0 Å². The third-order valence-corrected chi connectivity index (χ3v) is 6.96. The molecule has 9 nitrogen and oxygen atoms in total. The van der Waals surface area contributed by atoms with Crippen molar-refractivity contribution in [2.45, 2.75) is 18.0 Å². The number of hydrogen-bond acceptors (Lipinski definition) is 8. The Morgan fingerprint density at radius 1 is 0.846 bits per heavy atom. The predicted octanol–water partition coefficient (Wildman–Crippen LogP) is 5.05. The van der Waals surface area contributed by atoms with Crippen LogP contribution in [0.5, 0.6) is 23.0 Å². The number of nitrogens with zero attached hydrogens (tertiary/aromatic N) is 1. The van der Waals surface area contributed by atoms with Gasteiger partial charge in [-0.1, -0.05) is 6.07 Å². The fraction of sp³-hybridized carbons (Fsp3) is 0.179. The van der Waals surface area contributed by atoms with Gasteiger partial charge in [-0.3, -0.25) is 4.79 Å². The normalized spacial score (nSPS) is 11.1. The van der Waals surface area contributed by atoms with E-state index in [1.165, 1.54) is 44.6 Å². The molecule has 0 spiro atoms. The number of carbonyl (C=O) groups excluding carboxylic acids is 1. The molecule has 0 aliphatic heterocycles. The first-order valence-corrected chi connectivity index (χ1v) is 13.0. The van der Waals surface area contributed by atoms with Gasteiger partial charge in [0, 0.05) is 18.2 Å². The Bertz CT molecular complexity index is 1510. The van der Waals surface area contributed by atoms with Gasteiger partial charge >= 0.3 is 10.1 Å². The molecule has 3 aromatic carbocycles. The van der Waals surface area contributed by atoms with E-state index in [0.29, 0.717) is 28.4 Å². The Morgan fingerprint density at radius 3 is 2.13 bits per heavy atom. The first-order chi connectivity index (χ1) is 18.7. The van der Waals surface area contributed by atoms with Crippen LogP contribution in [0.1, 0.15) is 21.7 Å². The lowest BCUT2D eigenvalue weighted by Gasteiger charge is -2.23. The van der Waals surface area contributed by atoms with Gasteiger partial charge in [0.15, 0.2) is 11.5 Å². The third-order valence-electron chi connectivity index (χ3n) is 5.72. The molecular formula is C28H26FNO8S. The minimum Gasteiger partial charge on any atom is -0.497 e. The van der Waals surface area contributed by atoms with Crippen molar-refractivity contribution in [1.82, 2.24) is 4.90 Å². The summed E-state index contributed by atoms with van der Waals surface area (Å²) in [7, 11) is 0.0539. The molecule has 11 heteroatoms. The summed E-state index contributed by atoms with van der Waals surface area (Å²) < 4.78 is 65.7. The number of methoxy groups -OCH3 is 3. The van der Waals surface area contributed by atoms with E-state index in [0.717, 1.165) is 24.3 Å². The molecule has 0 N–H and O–H groups in total. The molecule has 0 atom stereocenters. The van der Waals surface area contributed by atoms with Crippen LogP contribution in [-0.2, 0) is 23.2 Å². The molecular weight excluding hydrogens is 529 g/mol. The average Bonchev–Trinajstić information content (AvgIpc) is 3.45. The standard InChI is InChI=1S/C28H26FNO8S/c1-34-23-14-20(15-24(16-23)35-2)28(31)30(18-22-5-4-12-37-22)17-19-6-11-26(36-3)27(13-19)38-39(32,33)25-9-7-21(29)8-10-25/h4-16H,17-18H2,1-3H3. The van der Waals surface area contributed by atoms with Crippen molar-refractivity contribution < 1.29 is 40.4 Å². The van der Waals surface area contributed by atoms with E-state index < -0.39 is 15.9 Å². The highest BCUT2D eigenvalue weighted by Gasteiger charge is 2.23. The zero-order valence-corrected chi connectivity index (χ0v) is 22.2. The van der Waals surface area contributed by atoms with Crippen molar-refractivity contribution >= 4 is 16.0 Å². The van der Waals surface area contributed by atoms with Gasteiger partial charge in [0.25, 0.3) is 5.91 Å². The SMILES string of the molecule is COc1cc(OC)cc(C(=O)N(Cc2ccc(OC)c(OS(=O)(=O)c3ccc(F)cc3)c2)Cc2ccco2)c1. The molecule has 39 heavy (non-hydrogen) atoms. The van der Waals surface area contributed by atoms with Crippen molar-refractivity contribution in [2.24, 2.45) is 0 Å². The summed E-state index contributed by atoms with van der Waals surface area (Å²) in [5, 5.41) is 0. The second-order valence-electron chi connectivity index (χ2n) is 8.32. The van der Waals surface area contributed by atoms with Crippen LogP contribution in [0, 0.1) is 5.82 Å². The molecule has 4 rings (SSSR count). The molecule has 0 saturated carbocycles. The molecule has 1 aromatic heterocycles. The van der Waals surface area contributed by atoms with E-state index in [1.54, 1.807) is 36.4 Å². The van der Waals surface area contributed by atoms with Crippen molar-refractivity contribution in [3.05, 3.63) is 102 Å². The van der Waals surface area contributed by atoms with Crippen LogP contribution in [0.15, 0.2) is 88.4 Å². The van der Waals surface area contributed by atoms with Crippen LogP contribution in [-0.4, -0.2) is 40.6 Å². The number of hydrogen-bond donors (Lipinski definition) is 0. The van der Waals surface area contributed by atoms with Crippen LogP contribution in [0.2, 0.25) is 0 Å². The van der Waals surface area contributed by atoms with Gasteiger partial charge in [0.1, 0.15) is 28.0 Å². The zero-order chi connectivity index (χ0) is 28.0. The summed E-state index contributed by atoms with van der Waals surface area (Å²) in [6.45, 7) is 0.192. The smallest absolute Gasteiger partial charge is 0.339 e. The Labute approximate surface area is 225 Å². The van der Waals surface area contributed by atoms with Crippen molar-refractivity contribution in [3.8, 4) is 23.0 Å². The molecule has 0 aliphatic carbocycles. The number of benzene rings is 3. The molecule has 204 valence electrons. The maximum Gasteiger partial charge on any atom is 0.339 e. The fourth-order valence-corrected chi connectivity index (χ4v) is 4.71. The number of amides is 1. The maximum absolute atomic E-state index is 13.7. The van der Waals surface area contributed by atoms with Gasteiger partial charge in [0.2, 0.25) is 0 Å². The van der Waals surface area contributed by atoms with Gasteiger partial charge in [-0.05, 0) is 66.2 Å². The average molecular weight is 556 g/mol. The highest BCUT2D eigenvalue weighted by Crippen LogP contribution is 2.32. The largest absolute Gasteiger partial charge is 0.497 e. The Balaban J connectivity index is 1.66. The van der Waals surface area contributed by atoms with Crippen molar-refractivity contribution in [3.63, 3.8) is 0 Å². The molecule has 4 aromatic rings. The van der Waals surface area contributed by atoms with Crippen molar-refractivity contribution in [2.75, 3.05) is 21.3 Å². The first-order valence-electron chi connectivity index (χ1n) is 11.6. The van der Waals surface area contributed by atoms with Gasteiger partial charge in [-0.15, -0.1) is 0 Å². The minimum absolute atomic E-state index is 0.0655. The summed E-state index contributed by atoms with van der Waals surface area (Å²) >= 11 is 0. The predicted molar refractivity (Wildman–Crippen MR) is 139 cm³/mol. The maximum atomic E-state index is 13.7. The summed E-state index contributed by atoms with van der Waals surface area (Å²) in [6, 6.07) is 17.2. The topological polar surface area (TPSA) is 105 Å². The van der Waals surface area contributed by atoms with E-state index >= 15 is 0 Å². The fourth-order valence-electron chi connectivity index (χ4n) is 3.78. The summed E-state index contributed by atoms with van der Waals surface area (Å²) in [5.41, 5.74) is 0.872. The lowest BCUT2D eigenvalue weighted by molar-refractivity contribution is 0.0716. The van der Waals surface area contributed by atoms with Gasteiger partial charge in [-0.25, -0.2) is 4.39 Å². The Hall–Kier alpha value is -4.51. The Kier molecular flexibility index (Phi) is 8.40. The second-order valence-corrected chi connectivity index (χ2v) is 9.86. The number of halogens is 1. The Morgan fingerprint density at radius 2 is 1.54 bits per heavy atom. The van der Waals surface area contributed by atoms with Gasteiger partial charge < -0.3 is 27.7 Å². The molecule has 0 unspecified atom stereocenters. The lowest BCUT2D eigenvalue weighted by Crippen LogP contribution is -2.30. The third kappa shape index (κ3) is 6.68. The molecule has 0 saturated heterocycles. The van der Waals surface area contributed by atoms with E-state index in [-0.39, 0.29) is 35.4 Å². The van der Waals surface area contributed by atoms with E-state index in [2.05, 4.69) is 0 Å². The summed E-state index contributed by atoms with van der Waals surface area (Å²) in [4.78, 5) is 14.9. The number of furan rings is 1.